The maximum atomic E-state index is 4.32. The monoisotopic (exact) mass is 227 g/mol. The van der Waals surface area contributed by atoms with Crippen LogP contribution in [0.1, 0.15) is 26.6 Å². The van der Waals surface area contributed by atoms with Crippen molar-refractivity contribution in [3.8, 4) is 0 Å². The molecule has 2 heteroatoms. The normalized spacial score (nSPS) is 13.8. The van der Waals surface area contributed by atoms with Gasteiger partial charge in [0.05, 0.1) is 9.88 Å². The standard InChI is InChI=1S/C14H13NS/c1-9-4-3-5-11-6-12(7-13(9)11)14-8-15-10(2)16-14/h3-6,8H,7H2,1-2H3. The van der Waals surface area contributed by atoms with Gasteiger partial charge in [-0.05, 0) is 48.6 Å². The molecule has 0 aliphatic heterocycles. The number of benzene rings is 1. The van der Waals surface area contributed by atoms with Crippen molar-refractivity contribution in [1.29, 1.82) is 0 Å². The fraction of sp³-hybridized carbons (Fsp3) is 0.214. The van der Waals surface area contributed by atoms with Crippen LogP contribution in [0, 0.1) is 13.8 Å². The molecule has 3 rings (SSSR count). The van der Waals surface area contributed by atoms with Crippen LogP contribution in [-0.4, -0.2) is 4.98 Å². The summed E-state index contributed by atoms with van der Waals surface area (Å²) in [5.41, 5.74) is 5.66. The maximum Gasteiger partial charge on any atom is 0.0900 e. The first kappa shape index (κ1) is 9.79. The Hall–Kier alpha value is -1.41. The van der Waals surface area contributed by atoms with E-state index in [9.17, 15) is 0 Å². The predicted octanol–water partition coefficient (Wildman–Crippen LogP) is 3.86. The molecule has 1 aromatic heterocycles. The molecule has 0 radical (unpaired) electrons. The lowest BCUT2D eigenvalue weighted by Crippen LogP contribution is -1.87. The lowest BCUT2D eigenvalue weighted by atomic mass is 10.0. The number of hydrogen-bond acceptors (Lipinski definition) is 2. The van der Waals surface area contributed by atoms with Gasteiger partial charge in [-0.2, -0.15) is 0 Å². The fourth-order valence-corrected chi connectivity index (χ4v) is 2.99. The van der Waals surface area contributed by atoms with Gasteiger partial charge >= 0.3 is 0 Å². The molecule has 1 aliphatic rings. The number of allylic oxidation sites excluding steroid dienone is 1. The summed E-state index contributed by atoms with van der Waals surface area (Å²) in [6, 6.07) is 6.52. The van der Waals surface area contributed by atoms with E-state index in [1.165, 1.54) is 27.1 Å². The molecule has 1 nitrogen and oxygen atoms in total. The minimum atomic E-state index is 1.06. The van der Waals surface area contributed by atoms with Crippen LogP contribution in [0.5, 0.6) is 0 Å². The Morgan fingerprint density at radius 3 is 2.81 bits per heavy atom. The van der Waals surface area contributed by atoms with Crippen LogP contribution < -0.4 is 0 Å². The molecule has 80 valence electrons. The van der Waals surface area contributed by atoms with E-state index in [0.717, 1.165) is 11.4 Å². The molecular weight excluding hydrogens is 214 g/mol. The molecule has 1 heterocycles. The molecule has 0 N–H and O–H groups in total. The summed E-state index contributed by atoms with van der Waals surface area (Å²) in [6.07, 6.45) is 5.35. The van der Waals surface area contributed by atoms with Crippen LogP contribution in [0.4, 0.5) is 0 Å². The summed E-state index contributed by atoms with van der Waals surface area (Å²) in [5.74, 6) is 0. The lowest BCUT2D eigenvalue weighted by molar-refractivity contribution is 1.25. The molecule has 1 aliphatic carbocycles. The number of fused-ring (bicyclic) bond motifs is 1. The van der Waals surface area contributed by atoms with Gasteiger partial charge in [-0.1, -0.05) is 18.2 Å². The highest BCUT2D eigenvalue weighted by atomic mass is 32.1. The highest BCUT2D eigenvalue weighted by Crippen LogP contribution is 2.35. The lowest BCUT2D eigenvalue weighted by Gasteiger charge is -2.02. The van der Waals surface area contributed by atoms with Crippen molar-refractivity contribution in [2.45, 2.75) is 20.3 Å². The Morgan fingerprint density at radius 2 is 2.12 bits per heavy atom. The van der Waals surface area contributed by atoms with Gasteiger partial charge < -0.3 is 0 Å². The molecule has 0 fully saturated rings. The first-order valence-corrected chi connectivity index (χ1v) is 6.27. The number of hydrogen-bond donors (Lipinski definition) is 0. The smallest absolute Gasteiger partial charge is 0.0900 e. The zero-order chi connectivity index (χ0) is 11.1. The molecule has 1 aromatic carbocycles. The van der Waals surface area contributed by atoms with E-state index in [-0.39, 0.29) is 0 Å². The van der Waals surface area contributed by atoms with Gasteiger partial charge in [0.15, 0.2) is 0 Å². The number of thiazole rings is 1. The summed E-state index contributed by atoms with van der Waals surface area (Å²) < 4.78 is 0. The average Bonchev–Trinajstić information content (AvgIpc) is 2.84. The topological polar surface area (TPSA) is 12.9 Å². The third-order valence-corrected chi connectivity index (χ3v) is 4.07. The summed E-state index contributed by atoms with van der Waals surface area (Å²) >= 11 is 1.78. The molecule has 0 amide bonds. The highest BCUT2D eigenvalue weighted by Gasteiger charge is 2.16. The highest BCUT2D eigenvalue weighted by molar-refractivity contribution is 7.12. The number of rotatable bonds is 1. The van der Waals surface area contributed by atoms with Crippen LogP contribution in [0.25, 0.3) is 11.6 Å². The van der Waals surface area contributed by atoms with Crippen molar-refractivity contribution >= 4 is 23.0 Å². The summed E-state index contributed by atoms with van der Waals surface area (Å²) in [4.78, 5) is 5.64. The third-order valence-electron chi connectivity index (χ3n) is 3.08. The van der Waals surface area contributed by atoms with Crippen molar-refractivity contribution in [3.05, 3.63) is 51.0 Å². The van der Waals surface area contributed by atoms with Crippen molar-refractivity contribution < 1.29 is 0 Å². The van der Waals surface area contributed by atoms with Crippen LogP contribution in [0.2, 0.25) is 0 Å². The predicted molar refractivity (Wildman–Crippen MR) is 69.6 cm³/mol. The van der Waals surface area contributed by atoms with Crippen molar-refractivity contribution in [2.75, 3.05) is 0 Å². The summed E-state index contributed by atoms with van der Waals surface area (Å²) in [5, 5.41) is 1.14. The van der Waals surface area contributed by atoms with Crippen LogP contribution in [0.3, 0.4) is 0 Å². The van der Waals surface area contributed by atoms with E-state index in [1.807, 2.05) is 6.20 Å². The van der Waals surface area contributed by atoms with Gasteiger partial charge in [0.2, 0.25) is 0 Å². The quantitative estimate of drug-likeness (QED) is 0.721. The minimum absolute atomic E-state index is 1.06. The SMILES string of the molecule is Cc1ncc(C2=Cc3cccc(C)c3C2)s1. The molecule has 16 heavy (non-hydrogen) atoms. The van der Waals surface area contributed by atoms with Gasteiger partial charge in [-0.15, -0.1) is 11.3 Å². The van der Waals surface area contributed by atoms with Crippen molar-refractivity contribution in [1.82, 2.24) is 4.98 Å². The molecule has 2 aromatic rings. The Labute approximate surface area is 99.5 Å². The van der Waals surface area contributed by atoms with Crippen LogP contribution >= 0.6 is 11.3 Å². The second-order valence-electron chi connectivity index (χ2n) is 4.23. The maximum absolute atomic E-state index is 4.32. The second kappa shape index (κ2) is 3.56. The number of nitrogens with zero attached hydrogens (tertiary/aromatic N) is 1. The number of aryl methyl sites for hydroxylation is 2. The molecule has 0 saturated carbocycles. The molecule has 0 atom stereocenters. The van der Waals surface area contributed by atoms with E-state index < -0.39 is 0 Å². The van der Waals surface area contributed by atoms with E-state index in [1.54, 1.807) is 11.3 Å². The minimum Gasteiger partial charge on any atom is -0.249 e. The zero-order valence-corrected chi connectivity index (χ0v) is 10.3. The third kappa shape index (κ3) is 1.50. The Morgan fingerprint density at radius 1 is 1.25 bits per heavy atom. The van der Waals surface area contributed by atoms with Gasteiger partial charge in [-0.25, -0.2) is 4.98 Å². The second-order valence-corrected chi connectivity index (χ2v) is 5.47. The molecule has 0 saturated heterocycles. The van der Waals surface area contributed by atoms with E-state index in [0.29, 0.717) is 0 Å². The van der Waals surface area contributed by atoms with Gasteiger partial charge in [0.25, 0.3) is 0 Å². The Bertz CT molecular complexity index is 578. The van der Waals surface area contributed by atoms with Crippen LogP contribution in [0.15, 0.2) is 24.4 Å². The van der Waals surface area contributed by atoms with Crippen LogP contribution in [-0.2, 0) is 6.42 Å². The largest absolute Gasteiger partial charge is 0.249 e. The number of aromatic nitrogens is 1. The molecule has 0 unspecified atom stereocenters. The van der Waals surface area contributed by atoms with E-state index >= 15 is 0 Å². The first-order valence-electron chi connectivity index (χ1n) is 5.46. The van der Waals surface area contributed by atoms with E-state index in [4.69, 9.17) is 0 Å². The van der Waals surface area contributed by atoms with Gasteiger partial charge in [0, 0.05) is 6.20 Å². The van der Waals surface area contributed by atoms with Crippen molar-refractivity contribution in [3.63, 3.8) is 0 Å². The summed E-state index contributed by atoms with van der Waals surface area (Å²) in [6.45, 7) is 4.25. The molecule has 0 bridgehead atoms. The molecule has 0 spiro atoms. The Kier molecular flexibility index (Phi) is 2.18. The molecular formula is C14H13NS. The van der Waals surface area contributed by atoms with E-state index in [2.05, 4.69) is 43.1 Å². The zero-order valence-electron chi connectivity index (χ0n) is 9.45. The Balaban J connectivity index is 2.03. The van der Waals surface area contributed by atoms with Gasteiger partial charge in [-0.3, -0.25) is 0 Å². The fourth-order valence-electron chi connectivity index (χ4n) is 2.20. The van der Waals surface area contributed by atoms with Gasteiger partial charge in [0.1, 0.15) is 0 Å². The summed E-state index contributed by atoms with van der Waals surface area (Å²) in [7, 11) is 0. The van der Waals surface area contributed by atoms with Crippen molar-refractivity contribution in [2.24, 2.45) is 0 Å². The first-order chi connectivity index (χ1) is 7.74. The average molecular weight is 227 g/mol.